The molecule has 1 heterocycles. The van der Waals surface area contributed by atoms with E-state index in [4.69, 9.17) is 5.11 Å². The zero-order valence-electron chi connectivity index (χ0n) is 10.8. The monoisotopic (exact) mass is 275 g/mol. The van der Waals surface area contributed by atoms with Crippen LogP contribution in [0.4, 0.5) is 0 Å². The second-order valence-corrected chi connectivity index (χ2v) is 4.18. The van der Waals surface area contributed by atoms with Crippen LogP contribution in [0, 0.1) is 0 Å². The first-order valence-electron chi connectivity index (χ1n) is 5.88. The van der Waals surface area contributed by atoms with Crippen LogP contribution in [0.2, 0.25) is 0 Å². The van der Waals surface area contributed by atoms with Crippen molar-refractivity contribution in [2.45, 2.75) is 6.42 Å². The van der Waals surface area contributed by atoms with Gasteiger partial charge in [-0.25, -0.2) is 4.68 Å². The van der Waals surface area contributed by atoms with Crippen molar-refractivity contribution in [3.05, 3.63) is 36.2 Å². The standard InChI is InChI=1S/C12H13N5O3/c1-16(6-5-11(18)19)12(20)9-3-2-4-10(7-9)17-8-13-14-15-17/h2-4,7-8H,5-6H2,1H3,(H,18,19). The first-order valence-corrected chi connectivity index (χ1v) is 5.88. The second-order valence-electron chi connectivity index (χ2n) is 4.18. The molecule has 0 fully saturated rings. The molecule has 0 spiro atoms. The highest BCUT2D eigenvalue weighted by molar-refractivity contribution is 5.94. The molecule has 8 nitrogen and oxygen atoms in total. The predicted octanol–water partition coefficient (Wildman–Crippen LogP) is 0.209. The number of hydrogen-bond donors (Lipinski definition) is 1. The number of hydrogen-bond acceptors (Lipinski definition) is 5. The highest BCUT2D eigenvalue weighted by Gasteiger charge is 2.13. The maximum absolute atomic E-state index is 12.2. The maximum Gasteiger partial charge on any atom is 0.305 e. The molecule has 0 aliphatic rings. The number of aliphatic carboxylic acids is 1. The predicted molar refractivity (Wildman–Crippen MR) is 68.4 cm³/mol. The Kier molecular flexibility index (Phi) is 4.04. The Balaban J connectivity index is 2.14. The van der Waals surface area contributed by atoms with E-state index in [2.05, 4.69) is 15.5 Å². The summed E-state index contributed by atoms with van der Waals surface area (Å²) in [6.07, 6.45) is 1.34. The summed E-state index contributed by atoms with van der Waals surface area (Å²) in [6.45, 7) is 0.156. The van der Waals surface area contributed by atoms with Gasteiger partial charge < -0.3 is 10.0 Å². The SMILES string of the molecule is CN(CCC(=O)O)C(=O)c1cccc(-n2cnnn2)c1. The topological polar surface area (TPSA) is 101 Å². The Hall–Kier alpha value is -2.77. The number of amides is 1. The molecular formula is C12H13N5O3. The Morgan fingerprint density at radius 2 is 2.20 bits per heavy atom. The van der Waals surface area contributed by atoms with Gasteiger partial charge in [-0.15, -0.1) is 5.10 Å². The molecule has 0 atom stereocenters. The molecule has 20 heavy (non-hydrogen) atoms. The van der Waals surface area contributed by atoms with Crippen molar-refractivity contribution in [1.82, 2.24) is 25.1 Å². The molecule has 104 valence electrons. The third-order valence-electron chi connectivity index (χ3n) is 2.71. The van der Waals surface area contributed by atoms with Gasteiger partial charge in [0.05, 0.1) is 12.1 Å². The van der Waals surface area contributed by atoms with E-state index in [1.165, 1.54) is 15.9 Å². The van der Waals surface area contributed by atoms with Crippen molar-refractivity contribution in [1.29, 1.82) is 0 Å². The van der Waals surface area contributed by atoms with Crippen LogP contribution >= 0.6 is 0 Å². The molecule has 1 amide bonds. The molecular weight excluding hydrogens is 262 g/mol. The molecule has 1 N–H and O–H groups in total. The minimum Gasteiger partial charge on any atom is -0.481 e. The van der Waals surface area contributed by atoms with E-state index < -0.39 is 5.97 Å². The molecule has 0 aliphatic heterocycles. The number of carboxylic acids is 1. The van der Waals surface area contributed by atoms with Crippen molar-refractivity contribution >= 4 is 11.9 Å². The van der Waals surface area contributed by atoms with Crippen molar-refractivity contribution in [3.8, 4) is 5.69 Å². The van der Waals surface area contributed by atoms with E-state index in [1.54, 1.807) is 31.3 Å². The van der Waals surface area contributed by atoms with Crippen molar-refractivity contribution in [2.75, 3.05) is 13.6 Å². The van der Waals surface area contributed by atoms with E-state index >= 15 is 0 Å². The number of tetrazole rings is 1. The van der Waals surface area contributed by atoms with Crippen molar-refractivity contribution < 1.29 is 14.7 Å². The van der Waals surface area contributed by atoms with Crippen molar-refractivity contribution in [2.24, 2.45) is 0 Å². The summed E-state index contributed by atoms with van der Waals surface area (Å²) >= 11 is 0. The van der Waals surface area contributed by atoms with Crippen LogP contribution < -0.4 is 0 Å². The van der Waals surface area contributed by atoms with Gasteiger partial charge in [-0.2, -0.15) is 0 Å². The van der Waals surface area contributed by atoms with E-state index in [0.717, 1.165) is 0 Å². The first kappa shape index (κ1) is 13.7. The molecule has 0 saturated carbocycles. The molecule has 8 heteroatoms. The highest BCUT2D eigenvalue weighted by Crippen LogP contribution is 2.10. The minimum atomic E-state index is -0.938. The van der Waals surface area contributed by atoms with Crippen LogP contribution in [0.5, 0.6) is 0 Å². The molecule has 1 aromatic carbocycles. The number of rotatable bonds is 5. The van der Waals surface area contributed by atoms with Crippen LogP contribution in [0.3, 0.4) is 0 Å². The summed E-state index contributed by atoms with van der Waals surface area (Å²) in [7, 11) is 1.56. The Bertz CT molecular complexity index is 611. The van der Waals surface area contributed by atoms with Gasteiger partial charge in [-0.3, -0.25) is 9.59 Å². The zero-order chi connectivity index (χ0) is 14.5. The Labute approximate surface area is 114 Å². The molecule has 0 aliphatic carbocycles. The molecule has 2 aromatic rings. The molecule has 0 unspecified atom stereocenters. The van der Waals surface area contributed by atoms with Gasteiger partial charge in [-0.05, 0) is 28.6 Å². The molecule has 1 aromatic heterocycles. The lowest BCUT2D eigenvalue weighted by Crippen LogP contribution is -2.29. The Morgan fingerprint density at radius 1 is 1.40 bits per heavy atom. The summed E-state index contributed by atoms with van der Waals surface area (Å²) in [5, 5.41) is 19.4. The lowest BCUT2D eigenvalue weighted by Gasteiger charge is -2.16. The first-order chi connectivity index (χ1) is 9.58. The summed E-state index contributed by atoms with van der Waals surface area (Å²) in [4.78, 5) is 24.0. The van der Waals surface area contributed by atoms with Crippen LogP contribution in [0.15, 0.2) is 30.6 Å². The van der Waals surface area contributed by atoms with E-state index in [1.807, 2.05) is 0 Å². The largest absolute Gasteiger partial charge is 0.481 e. The Morgan fingerprint density at radius 3 is 2.85 bits per heavy atom. The number of carbonyl (C=O) groups excluding carboxylic acids is 1. The average Bonchev–Trinajstić information content (AvgIpc) is 2.98. The van der Waals surface area contributed by atoms with Crippen LogP contribution in [0.25, 0.3) is 5.69 Å². The highest BCUT2D eigenvalue weighted by atomic mass is 16.4. The smallest absolute Gasteiger partial charge is 0.305 e. The summed E-state index contributed by atoms with van der Waals surface area (Å²) in [5.41, 5.74) is 1.11. The van der Waals surface area contributed by atoms with E-state index in [-0.39, 0.29) is 18.9 Å². The summed E-state index contributed by atoms with van der Waals surface area (Å²) in [6, 6.07) is 6.79. The molecule has 0 saturated heterocycles. The molecule has 0 bridgehead atoms. The quantitative estimate of drug-likeness (QED) is 0.837. The second kappa shape index (κ2) is 5.91. The average molecular weight is 275 g/mol. The fraction of sp³-hybridized carbons (Fsp3) is 0.250. The van der Waals surface area contributed by atoms with Gasteiger partial charge in [0.25, 0.3) is 5.91 Å². The van der Waals surface area contributed by atoms with Crippen molar-refractivity contribution in [3.63, 3.8) is 0 Å². The molecule has 2 rings (SSSR count). The number of carbonyl (C=O) groups is 2. The van der Waals surface area contributed by atoms with Gasteiger partial charge in [0.2, 0.25) is 0 Å². The van der Waals surface area contributed by atoms with Gasteiger partial charge in [0.1, 0.15) is 6.33 Å². The number of aromatic nitrogens is 4. The fourth-order valence-corrected chi connectivity index (χ4v) is 1.65. The normalized spacial score (nSPS) is 10.2. The third kappa shape index (κ3) is 3.16. The third-order valence-corrected chi connectivity index (χ3v) is 2.71. The van der Waals surface area contributed by atoms with Crippen LogP contribution in [0.1, 0.15) is 16.8 Å². The van der Waals surface area contributed by atoms with Crippen LogP contribution in [-0.2, 0) is 4.79 Å². The number of benzene rings is 1. The van der Waals surface area contributed by atoms with E-state index in [9.17, 15) is 9.59 Å². The lowest BCUT2D eigenvalue weighted by molar-refractivity contribution is -0.137. The van der Waals surface area contributed by atoms with Gasteiger partial charge in [-0.1, -0.05) is 6.07 Å². The van der Waals surface area contributed by atoms with Gasteiger partial charge in [0, 0.05) is 19.2 Å². The van der Waals surface area contributed by atoms with Gasteiger partial charge >= 0.3 is 5.97 Å². The molecule has 0 radical (unpaired) electrons. The lowest BCUT2D eigenvalue weighted by atomic mass is 10.1. The summed E-state index contributed by atoms with van der Waals surface area (Å²) in [5.74, 6) is -1.19. The van der Waals surface area contributed by atoms with Crippen LogP contribution in [-0.4, -0.2) is 55.7 Å². The number of carboxylic acid groups (broad SMARTS) is 1. The minimum absolute atomic E-state index is 0.0884. The summed E-state index contributed by atoms with van der Waals surface area (Å²) < 4.78 is 1.44. The maximum atomic E-state index is 12.2. The fourth-order valence-electron chi connectivity index (χ4n) is 1.65. The number of nitrogens with zero attached hydrogens (tertiary/aromatic N) is 5. The zero-order valence-corrected chi connectivity index (χ0v) is 10.8. The van der Waals surface area contributed by atoms with Gasteiger partial charge in [0.15, 0.2) is 0 Å². The van der Waals surface area contributed by atoms with E-state index in [0.29, 0.717) is 11.3 Å².